The summed E-state index contributed by atoms with van der Waals surface area (Å²) in [6.07, 6.45) is 8.57. The van der Waals surface area contributed by atoms with Crippen LogP contribution in [0.4, 0.5) is 4.39 Å². The molecule has 5 rings (SSSR count). The second kappa shape index (κ2) is 7.98. The van der Waals surface area contributed by atoms with Gasteiger partial charge in [-0.2, -0.15) is 5.10 Å². The third-order valence-electron chi connectivity index (χ3n) is 6.18. The number of aryl methyl sites for hydroxylation is 2. The topological polar surface area (TPSA) is 79.8 Å². The largest absolute Gasteiger partial charge is 0.349 e. The van der Waals surface area contributed by atoms with E-state index in [0.29, 0.717) is 23.8 Å². The molecule has 166 valence electrons. The molecular weight excluding hydrogens is 409 g/mol. The van der Waals surface area contributed by atoms with E-state index in [2.05, 4.69) is 32.3 Å². The summed E-state index contributed by atoms with van der Waals surface area (Å²) >= 11 is 0. The SMILES string of the molecule is Cc1cn2nc(-c3cc(F)c4nc(C(=O)NCC5CCCCN5C)cn4c3)cc(C)c2n1. The number of carbonyl (C=O) groups excluding carboxylic acids is 1. The number of likely N-dealkylation sites (N-methyl/N-ethyl adjacent to an activating group) is 1. The number of pyridine rings is 1. The molecule has 1 aliphatic rings. The maximum absolute atomic E-state index is 14.9. The molecule has 32 heavy (non-hydrogen) atoms. The van der Waals surface area contributed by atoms with Crippen molar-refractivity contribution in [3.05, 3.63) is 53.5 Å². The van der Waals surface area contributed by atoms with Gasteiger partial charge in [-0.1, -0.05) is 6.42 Å². The summed E-state index contributed by atoms with van der Waals surface area (Å²) in [5.74, 6) is -0.798. The third-order valence-corrected chi connectivity index (χ3v) is 6.18. The number of rotatable bonds is 4. The Kier molecular flexibility index (Phi) is 5.13. The fourth-order valence-electron chi connectivity index (χ4n) is 4.40. The van der Waals surface area contributed by atoms with Crippen LogP contribution in [0.15, 0.2) is 30.7 Å². The standard InChI is InChI=1S/C23H26FN7O/c1-14-8-19(28-31-11-15(2)26-21(14)31)16-9-18(24)22-27-20(13-30(22)12-16)23(32)25-10-17-6-4-5-7-29(17)3/h8-9,11-13,17H,4-7,10H2,1-3H3,(H,25,32). The van der Waals surface area contributed by atoms with Crippen LogP contribution in [-0.4, -0.2) is 61.0 Å². The van der Waals surface area contributed by atoms with Crippen LogP contribution in [0.2, 0.25) is 0 Å². The number of piperidine rings is 1. The van der Waals surface area contributed by atoms with Crippen LogP contribution in [0.5, 0.6) is 0 Å². The highest BCUT2D eigenvalue weighted by atomic mass is 19.1. The number of amides is 1. The first-order chi connectivity index (χ1) is 15.4. The molecule has 0 saturated carbocycles. The van der Waals surface area contributed by atoms with Gasteiger partial charge in [0.15, 0.2) is 17.1 Å². The van der Waals surface area contributed by atoms with Gasteiger partial charge in [0.05, 0.1) is 17.6 Å². The molecule has 1 aliphatic heterocycles. The lowest BCUT2D eigenvalue weighted by Gasteiger charge is -2.32. The highest BCUT2D eigenvalue weighted by molar-refractivity contribution is 5.93. The molecular formula is C23H26FN7O. The molecule has 4 aromatic heterocycles. The molecule has 9 heteroatoms. The molecule has 1 fully saturated rings. The van der Waals surface area contributed by atoms with E-state index in [-0.39, 0.29) is 17.2 Å². The van der Waals surface area contributed by atoms with E-state index < -0.39 is 5.82 Å². The summed E-state index contributed by atoms with van der Waals surface area (Å²) in [6.45, 7) is 5.46. The maximum Gasteiger partial charge on any atom is 0.271 e. The molecule has 0 aromatic carbocycles. The fourth-order valence-corrected chi connectivity index (χ4v) is 4.40. The number of likely N-dealkylation sites (tertiary alicyclic amines) is 1. The summed E-state index contributed by atoms with van der Waals surface area (Å²) < 4.78 is 18.1. The van der Waals surface area contributed by atoms with Gasteiger partial charge in [0.25, 0.3) is 5.91 Å². The van der Waals surface area contributed by atoms with E-state index in [1.807, 2.05) is 26.1 Å². The van der Waals surface area contributed by atoms with Crippen molar-refractivity contribution in [1.29, 1.82) is 0 Å². The van der Waals surface area contributed by atoms with Crippen molar-refractivity contribution in [2.45, 2.75) is 39.2 Å². The maximum atomic E-state index is 14.9. The zero-order valence-corrected chi connectivity index (χ0v) is 18.5. The van der Waals surface area contributed by atoms with Crippen molar-refractivity contribution in [3.63, 3.8) is 0 Å². The molecule has 0 bridgehead atoms. The molecule has 0 aliphatic carbocycles. The summed E-state index contributed by atoms with van der Waals surface area (Å²) in [4.78, 5) is 23.6. The highest BCUT2D eigenvalue weighted by Gasteiger charge is 2.21. The predicted octanol–water partition coefficient (Wildman–Crippen LogP) is 3.01. The molecule has 5 heterocycles. The quantitative estimate of drug-likeness (QED) is 0.533. The smallest absolute Gasteiger partial charge is 0.271 e. The minimum absolute atomic E-state index is 0.116. The van der Waals surface area contributed by atoms with E-state index >= 15 is 0 Å². The number of hydrogen-bond donors (Lipinski definition) is 1. The van der Waals surface area contributed by atoms with Crippen LogP contribution >= 0.6 is 0 Å². The first-order valence-electron chi connectivity index (χ1n) is 10.9. The van der Waals surface area contributed by atoms with Crippen molar-refractivity contribution < 1.29 is 9.18 Å². The van der Waals surface area contributed by atoms with E-state index in [1.54, 1.807) is 21.3 Å². The Bertz CT molecular complexity index is 1330. The fraction of sp³-hybridized carbons (Fsp3) is 0.391. The average Bonchev–Trinajstić information content (AvgIpc) is 3.36. The van der Waals surface area contributed by atoms with Gasteiger partial charge in [0, 0.05) is 30.5 Å². The predicted molar refractivity (Wildman–Crippen MR) is 119 cm³/mol. The van der Waals surface area contributed by atoms with Gasteiger partial charge >= 0.3 is 0 Å². The Labute approximate surface area is 185 Å². The lowest BCUT2D eigenvalue weighted by molar-refractivity contribution is 0.0924. The van der Waals surface area contributed by atoms with Crippen LogP contribution in [0, 0.1) is 19.7 Å². The third kappa shape index (κ3) is 3.73. The van der Waals surface area contributed by atoms with Crippen molar-refractivity contribution in [2.75, 3.05) is 20.1 Å². The normalized spacial score (nSPS) is 17.3. The van der Waals surface area contributed by atoms with Crippen LogP contribution in [0.25, 0.3) is 22.6 Å². The van der Waals surface area contributed by atoms with Crippen molar-refractivity contribution >= 4 is 17.2 Å². The molecule has 1 unspecified atom stereocenters. The summed E-state index contributed by atoms with van der Waals surface area (Å²) in [7, 11) is 2.08. The number of halogens is 1. The van der Waals surface area contributed by atoms with Crippen molar-refractivity contribution in [1.82, 2.24) is 34.2 Å². The van der Waals surface area contributed by atoms with Gasteiger partial charge in [-0.25, -0.2) is 18.9 Å². The minimum atomic E-state index is -0.505. The van der Waals surface area contributed by atoms with Crippen LogP contribution < -0.4 is 5.32 Å². The molecule has 0 radical (unpaired) electrons. The minimum Gasteiger partial charge on any atom is -0.349 e. The summed E-state index contributed by atoms with van der Waals surface area (Å²) in [5.41, 5.74) is 4.12. The summed E-state index contributed by atoms with van der Waals surface area (Å²) in [6, 6.07) is 3.61. The number of nitrogens with zero attached hydrogens (tertiary/aromatic N) is 6. The number of carbonyl (C=O) groups is 1. The first-order valence-corrected chi connectivity index (χ1v) is 10.9. The monoisotopic (exact) mass is 435 g/mol. The molecule has 1 N–H and O–H groups in total. The highest BCUT2D eigenvalue weighted by Crippen LogP contribution is 2.23. The molecule has 8 nitrogen and oxygen atoms in total. The number of aromatic nitrogens is 5. The lowest BCUT2D eigenvalue weighted by atomic mass is 10.0. The number of fused-ring (bicyclic) bond motifs is 2. The number of hydrogen-bond acceptors (Lipinski definition) is 5. The van der Waals surface area contributed by atoms with Crippen LogP contribution in [0.1, 0.15) is 41.0 Å². The molecule has 1 saturated heterocycles. The average molecular weight is 436 g/mol. The van der Waals surface area contributed by atoms with E-state index in [4.69, 9.17) is 0 Å². The molecule has 0 spiro atoms. The zero-order chi connectivity index (χ0) is 22.4. The molecule has 4 aromatic rings. The Morgan fingerprint density at radius 3 is 2.81 bits per heavy atom. The first kappa shape index (κ1) is 20.6. The summed E-state index contributed by atoms with van der Waals surface area (Å²) in [5, 5.41) is 7.53. The van der Waals surface area contributed by atoms with Gasteiger partial charge < -0.3 is 14.6 Å². The van der Waals surface area contributed by atoms with E-state index in [9.17, 15) is 9.18 Å². The van der Waals surface area contributed by atoms with Crippen molar-refractivity contribution in [3.8, 4) is 11.3 Å². The van der Waals surface area contributed by atoms with Crippen molar-refractivity contribution in [2.24, 2.45) is 0 Å². The Balaban J connectivity index is 1.42. The van der Waals surface area contributed by atoms with E-state index in [0.717, 1.165) is 29.9 Å². The van der Waals surface area contributed by atoms with Crippen LogP contribution in [0.3, 0.4) is 0 Å². The Morgan fingerprint density at radius 2 is 2.00 bits per heavy atom. The van der Waals surface area contributed by atoms with Crippen LogP contribution in [-0.2, 0) is 0 Å². The second-order valence-electron chi connectivity index (χ2n) is 8.64. The van der Waals surface area contributed by atoms with Gasteiger partial charge in [-0.05, 0) is 58.0 Å². The zero-order valence-electron chi connectivity index (χ0n) is 18.5. The lowest BCUT2D eigenvalue weighted by Crippen LogP contribution is -2.44. The van der Waals surface area contributed by atoms with Gasteiger partial charge in [-0.15, -0.1) is 0 Å². The number of imidazole rings is 2. The molecule has 1 amide bonds. The van der Waals surface area contributed by atoms with Gasteiger partial charge in [0.2, 0.25) is 0 Å². The van der Waals surface area contributed by atoms with Gasteiger partial charge in [-0.3, -0.25) is 4.79 Å². The Morgan fingerprint density at radius 1 is 1.16 bits per heavy atom. The Hall–Kier alpha value is -3.33. The second-order valence-corrected chi connectivity index (χ2v) is 8.64. The molecule has 1 atom stereocenters. The number of nitrogens with one attached hydrogen (secondary N) is 1. The van der Waals surface area contributed by atoms with E-state index in [1.165, 1.54) is 18.9 Å². The van der Waals surface area contributed by atoms with Gasteiger partial charge in [0.1, 0.15) is 5.69 Å².